The van der Waals surface area contributed by atoms with Gasteiger partial charge in [-0.3, -0.25) is 0 Å². The molecular formula is C47H34O. The van der Waals surface area contributed by atoms with Crippen LogP contribution >= 0.6 is 0 Å². The number of aryl methyl sites for hydroxylation is 1. The molecule has 8 aromatic carbocycles. The second-order valence-electron chi connectivity index (χ2n) is 12.7. The Hall–Kier alpha value is -5.92. The summed E-state index contributed by atoms with van der Waals surface area (Å²) in [6.07, 6.45) is 2.24. The molecule has 0 aliphatic heterocycles. The third kappa shape index (κ3) is 4.70. The van der Waals surface area contributed by atoms with Gasteiger partial charge in [-0.25, -0.2) is 0 Å². The van der Waals surface area contributed by atoms with Gasteiger partial charge in [0.25, 0.3) is 0 Å². The van der Waals surface area contributed by atoms with Gasteiger partial charge in [-0.15, -0.1) is 0 Å². The van der Waals surface area contributed by atoms with E-state index in [4.69, 9.17) is 4.42 Å². The van der Waals surface area contributed by atoms with Crippen LogP contribution in [-0.2, 0) is 6.42 Å². The molecule has 0 bridgehead atoms. The molecule has 0 radical (unpaired) electrons. The van der Waals surface area contributed by atoms with Gasteiger partial charge >= 0.3 is 0 Å². The first-order valence-electron chi connectivity index (χ1n) is 16.9. The normalized spacial score (nSPS) is 11.6. The first-order valence-corrected chi connectivity index (χ1v) is 16.9. The van der Waals surface area contributed by atoms with E-state index >= 15 is 0 Å². The zero-order valence-corrected chi connectivity index (χ0v) is 26.9. The zero-order chi connectivity index (χ0) is 32.0. The van der Waals surface area contributed by atoms with Crippen LogP contribution in [0.15, 0.2) is 168 Å². The second kappa shape index (κ2) is 11.7. The number of rotatable bonds is 6. The van der Waals surface area contributed by atoms with E-state index in [0.717, 1.165) is 45.9 Å². The number of fused-ring (bicyclic) bond motifs is 5. The highest BCUT2D eigenvalue weighted by molar-refractivity contribution is 6.22. The summed E-state index contributed by atoms with van der Waals surface area (Å²) in [6, 6.07) is 59.6. The molecule has 0 spiro atoms. The summed E-state index contributed by atoms with van der Waals surface area (Å²) in [6.45, 7) is 2.24. The Morgan fingerprint density at radius 1 is 0.396 bits per heavy atom. The average molecular weight is 615 g/mol. The summed E-state index contributed by atoms with van der Waals surface area (Å²) in [4.78, 5) is 0. The molecule has 0 aliphatic rings. The number of benzene rings is 8. The fourth-order valence-corrected chi connectivity index (χ4v) is 7.55. The molecule has 0 saturated carbocycles. The summed E-state index contributed by atoms with van der Waals surface area (Å²) in [5.74, 6) is 0. The van der Waals surface area contributed by atoms with Crippen LogP contribution in [0.25, 0.3) is 88.0 Å². The Labute approximate surface area is 280 Å². The van der Waals surface area contributed by atoms with Crippen LogP contribution in [0, 0.1) is 0 Å². The third-order valence-electron chi connectivity index (χ3n) is 9.78. The first kappa shape index (κ1) is 28.3. The van der Waals surface area contributed by atoms with E-state index in [9.17, 15) is 0 Å². The van der Waals surface area contributed by atoms with Crippen molar-refractivity contribution in [3.63, 3.8) is 0 Å². The van der Waals surface area contributed by atoms with Crippen molar-refractivity contribution in [1.29, 1.82) is 0 Å². The topological polar surface area (TPSA) is 13.1 Å². The lowest BCUT2D eigenvalue weighted by Crippen LogP contribution is -1.92. The highest BCUT2D eigenvalue weighted by atomic mass is 16.3. The Kier molecular flexibility index (Phi) is 6.91. The standard InChI is InChI=1S/C47H34O/c1-2-12-31-23-25-33(26-24-31)46-40-19-7-6-18-39(40)45(32-13-4-3-5-14-32)41-28-27-35(30-43(41)46)34-15-10-16-36(29-34)37-20-11-21-42-38-17-8-9-22-44(38)48-47(37)42/h3-11,13-30H,2,12H2,1H3. The van der Waals surface area contributed by atoms with Crippen LogP contribution < -0.4 is 0 Å². The van der Waals surface area contributed by atoms with E-state index in [1.165, 1.54) is 60.5 Å². The molecule has 1 heteroatoms. The van der Waals surface area contributed by atoms with Crippen molar-refractivity contribution >= 4 is 43.5 Å². The maximum atomic E-state index is 6.43. The minimum Gasteiger partial charge on any atom is -0.455 e. The van der Waals surface area contributed by atoms with Crippen LogP contribution in [0.2, 0.25) is 0 Å². The molecule has 1 heterocycles. The zero-order valence-electron chi connectivity index (χ0n) is 26.9. The van der Waals surface area contributed by atoms with Gasteiger partial charge in [0.2, 0.25) is 0 Å². The molecule has 1 aromatic heterocycles. The largest absolute Gasteiger partial charge is 0.455 e. The number of para-hydroxylation sites is 2. The van der Waals surface area contributed by atoms with E-state index in [1.54, 1.807) is 0 Å². The Balaban J connectivity index is 1.28. The molecule has 228 valence electrons. The van der Waals surface area contributed by atoms with Crippen molar-refractivity contribution in [2.45, 2.75) is 19.8 Å². The molecule has 48 heavy (non-hydrogen) atoms. The first-order chi connectivity index (χ1) is 23.8. The van der Waals surface area contributed by atoms with E-state index in [2.05, 4.69) is 159 Å². The summed E-state index contributed by atoms with van der Waals surface area (Å²) in [5.41, 5.74) is 12.9. The minimum absolute atomic E-state index is 0.919. The molecule has 0 fully saturated rings. The Morgan fingerprint density at radius 2 is 0.958 bits per heavy atom. The number of hydrogen-bond donors (Lipinski definition) is 0. The van der Waals surface area contributed by atoms with Gasteiger partial charge in [-0.1, -0.05) is 159 Å². The maximum absolute atomic E-state index is 6.43. The summed E-state index contributed by atoms with van der Waals surface area (Å²) >= 11 is 0. The molecule has 0 unspecified atom stereocenters. The lowest BCUT2D eigenvalue weighted by Gasteiger charge is -2.19. The monoisotopic (exact) mass is 614 g/mol. The number of furan rings is 1. The quantitative estimate of drug-likeness (QED) is 0.170. The van der Waals surface area contributed by atoms with Gasteiger partial charge < -0.3 is 4.42 Å². The summed E-state index contributed by atoms with van der Waals surface area (Å²) in [5, 5.41) is 7.37. The van der Waals surface area contributed by atoms with Gasteiger partial charge in [0.05, 0.1) is 0 Å². The van der Waals surface area contributed by atoms with Gasteiger partial charge in [-0.05, 0) is 90.7 Å². The molecule has 9 aromatic rings. The van der Waals surface area contributed by atoms with E-state index < -0.39 is 0 Å². The van der Waals surface area contributed by atoms with E-state index in [1.807, 2.05) is 12.1 Å². The molecule has 1 nitrogen and oxygen atoms in total. The van der Waals surface area contributed by atoms with E-state index in [-0.39, 0.29) is 0 Å². The molecule has 0 aliphatic carbocycles. The minimum atomic E-state index is 0.919. The van der Waals surface area contributed by atoms with Crippen molar-refractivity contribution in [1.82, 2.24) is 0 Å². The predicted octanol–water partition coefficient (Wildman–Crippen LogP) is 13.5. The lowest BCUT2D eigenvalue weighted by atomic mass is 9.84. The summed E-state index contributed by atoms with van der Waals surface area (Å²) in [7, 11) is 0. The smallest absolute Gasteiger partial charge is 0.143 e. The second-order valence-corrected chi connectivity index (χ2v) is 12.7. The predicted molar refractivity (Wildman–Crippen MR) is 204 cm³/mol. The van der Waals surface area contributed by atoms with E-state index in [0.29, 0.717) is 0 Å². The Bertz CT molecular complexity index is 2610. The highest BCUT2D eigenvalue weighted by Gasteiger charge is 2.18. The van der Waals surface area contributed by atoms with Crippen molar-refractivity contribution < 1.29 is 4.42 Å². The summed E-state index contributed by atoms with van der Waals surface area (Å²) < 4.78 is 6.43. The molecule has 9 rings (SSSR count). The van der Waals surface area contributed by atoms with Crippen LogP contribution in [0.1, 0.15) is 18.9 Å². The number of hydrogen-bond acceptors (Lipinski definition) is 1. The highest BCUT2D eigenvalue weighted by Crippen LogP contribution is 2.45. The van der Waals surface area contributed by atoms with Crippen molar-refractivity contribution in [3.8, 4) is 44.5 Å². The van der Waals surface area contributed by atoms with Gasteiger partial charge in [0.15, 0.2) is 0 Å². The molecule has 0 saturated heterocycles. The third-order valence-corrected chi connectivity index (χ3v) is 9.78. The maximum Gasteiger partial charge on any atom is 0.143 e. The lowest BCUT2D eigenvalue weighted by molar-refractivity contribution is 0.670. The Morgan fingerprint density at radius 3 is 1.75 bits per heavy atom. The molecule has 0 N–H and O–H groups in total. The fraction of sp³-hybridized carbons (Fsp3) is 0.0638. The van der Waals surface area contributed by atoms with Crippen molar-refractivity contribution in [2.24, 2.45) is 0 Å². The van der Waals surface area contributed by atoms with Gasteiger partial charge in [-0.2, -0.15) is 0 Å². The van der Waals surface area contributed by atoms with Crippen LogP contribution in [0.3, 0.4) is 0 Å². The van der Waals surface area contributed by atoms with Crippen molar-refractivity contribution in [2.75, 3.05) is 0 Å². The molecule has 0 atom stereocenters. The molecule has 0 amide bonds. The van der Waals surface area contributed by atoms with Gasteiger partial charge in [0.1, 0.15) is 11.2 Å². The van der Waals surface area contributed by atoms with Crippen molar-refractivity contribution in [3.05, 3.63) is 169 Å². The SMILES string of the molecule is CCCc1ccc(-c2c3ccccc3c(-c3ccccc3)c3ccc(-c4cccc(-c5cccc6c5oc5ccccc56)c4)cc23)cc1. The van der Waals surface area contributed by atoms with Crippen LogP contribution in [0.5, 0.6) is 0 Å². The fourth-order valence-electron chi connectivity index (χ4n) is 7.55. The van der Waals surface area contributed by atoms with Crippen LogP contribution in [0.4, 0.5) is 0 Å². The molecular weight excluding hydrogens is 581 g/mol. The average Bonchev–Trinajstić information content (AvgIpc) is 3.54. The van der Waals surface area contributed by atoms with Gasteiger partial charge in [0, 0.05) is 16.3 Å². The van der Waals surface area contributed by atoms with Crippen LogP contribution in [-0.4, -0.2) is 0 Å².